The molecule has 3 rings (SSSR count). The number of aromatic amines is 1. The Morgan fingerprint density at radius 2 is 2.30 bits per heavy atom. The summed E-state index contributed by atoms with van der Waals surface area (Å²) in [6.07, 6.45) is 5.61. The van der Waals surface area contributed by atoms with Gasteiger partial charge in [-0.1, -0.05) is 25.4 Å². The maximum Gasteiger partial charge on any atom is 0.126 e. The number of aromatic nitrogens is 2. The molecule has 1 aliphatic heterocycles. The Hall–Kier alpha value is -1.48. The standard InChI is InChI=1S/C16H19ClN2O/c1-10(2)5-11-6-12(17)7-14-13(3-4-20-16(11)14)15-8-18-9-19-15/h6-10,13H,3-5H2,1-2H3,(H,18,19). The van der Waals surface area contributed by atoms with E-state index in [1.54, 1.807) is 6.33 Å². The fraction of sp³-hybridized carbons (Fsp3) is 0.438. The van der Waals surface area contributed by atoms with Crippen molar-refractivity contribution in [2.24, 2.45) is 5.92 Å². The van der Waals surface area contributed by atoms with Gasteiger partial charge >= 0.3 is 0 Å². The molecule has 1 aromatic carbocycles. The molecule has 106 valence electrons. The van der Waals surface area contributed by atoms with Crippen LogP contribution in [0, 0.1) is 5.92 Å². The summed E-state index contributed by atoms with van der Waals surface area (Å²) in [7, 11) is 0. The second-order valence-corrected chi connectivity index (χ2v) is 6.20. The Labute approximate surface area is 124 Å². The van der Waals surface area contributed by atoms with Gasteiger partial charge in [0.2, 0.25) is 0 Å². The van der Waals surface area contributed by atoms with Crippen LogP contribution in [0.5, 0.6) is 5.75 Å². The summed E-state index contributed by atoms with van der Waals surface area (Å²) in [5, 5.41) is 0.783. The van der Waals surface area contributed by atoms with Crippen LogP contribution in [0.15, 0.2) is 24.7 Å². The molecule has 0 saturated heterocycles. The third kappa shape index (κ3) is 2.55. The molecule has 0 bridgehead atoms. The lowest BCUT2D eigenvalue weighted by atomic mass is 9.87. The number of H-pyrrole nitrogens is 1. The molecule has 2 aromatic rings. The first-order valence-corrected chi connectivity index (χ1v) is 7.46. The maximum atomic E-state index is 6.31. The van der Waals surface area contributed by atoms with Crippen LogP contribution in [0.1, 0.15) is 43.0 Å². The highest BCUT2D eigenvalue weighted by Crippen LogP contribution is 2.41. The van der Waals surface area contributed by atoms with Crippen LogP contribution in [0.25, 0.3) is 0 Å². The van der Waals surface area contributed by atoms with Gasteiger partial charge in [-0.2, -0.15) is 0 Å². The number of ether oxygens (including phenoxy) is 1. The van der Waals surface area contributed by atoms with Gasteiger partial charge in [0.1, 0.15) is 5.75 Å². The van der Waals surface area contributed by atoms with Crippen LogP contribution in [0.3, 0.4) is 0 Å². The molecule has 2 heterocycles. The van der Waals surface area contributed by atoms with E-state index in [2.05, 4.69) is 23.8 Å². The molecule has 0 aliphatic carbocycles. The van der Waals surface area contributed by atoms with Crippen LogP contribution in [0.2, 0.25) is 5.02 Å². The van der Waals surface area contributed by atoms with E-state index in [4.69, 9.17) is 16.3 Å². The number of fused-ring (bicyclic) bond motifs is 1. The monoisotopic (exact) mass is 290 g/mol. The fourth-order valence-electron chi connectivity index (χ4n) is 2.90. The minimum absolute atomic E-state index is 0.273. The van der Waals surface area contributed by atoms with E-state index in [0.29, 0.717) is 5.92 Å². The minimum Gasteiger partial charge on any atom is -0.493 e. The van der Waals surface area contributed by atoms with E-state index in [1.165, 1.54) is 11.1 Å². The quantitative estimate of drug-likeness (QED) is 0.921. The molecule has 1 N–H and O–H groups in total. The molecule has 3 nitrogen and oxygen atoms in total. The lowest BCUT2D eigenvalue weighted by molar-refractivity contribution is 0.272. The van der Waals surface area contributed by atoms with Crippen molar-refractivity contribution in [1.82, 2.24) is 9.97 Å². The van der Waals surface area contributed by atoms with Crippen LogP contribution in [0.4, 0.5) is 0 Å². The maximum absolute atomic E-state index is 6.31. The Morgan fingerprint density at radius 1 is 1.45 bits per heavy atom. The van der Waals surface area contributed by atoms with Gasteiger partial charge < -0.3 is 9.72 Å². The summed E-state index contributed by atoms with van der Waals surface area (Å²) in [5.74, 6) is 1.86. The minimum atomic E-state index is 0.273. The van der Waals surface area contributed by atoms with Crippen molar-refractivity contribution in [2.75, 3.05) is 6.61 Å². The predicted molar refractivity (Wildman–Crippen MR) is 80.5 cm³/mol. The fourth-order valence-corrected chi connectivity index (χ4v) is 3.15. The van der Waals surface area contributed by atoms with Crippen LogP contribution in [-0.2, 0) is 6.42 Å². The van der Waals surface area contributed by atoms with Crippen molar-refractivity contribution in [3.63, 3.8) is 0 Å². The molecular formula is C16H19ClN2O. The largest absolute Gasteiger partial charge is 0.493 e. The number of nitrogens with zero attached hydrogens (tertiary/aromatic N) is 1. The summed E-state index contributed by atoms with van der Waals surface area (Å²) in [4.78, 5) is 7.44. The highest BCUT2D eigenvalue weighted by molar-refractivity contribution is 6.30. The van der Waals surface area contributed by atoms with Crippen LogP contribution in [-0.4, -0.2) is 16.6 Å². The van der Waals surface area contributed by atoms with Gasteiger partial charge in [-0.25, -0.2) is 4.98 Å². The SMILES string of the molecule is CC(C)Cc1cc(Cl)cc2c1OCCC2c1c[nH]cn1. The molecule has 0 spiro atoms. The van der Waals surface area contributed by atoms with E-state index in [1.807, 2.05) is 18.3 Å². The average molecular weight is 291 g/mol. The predicted octanol–water partition coefficient (Wildman–Crippen LogP) is 4.18. The van der Waals surface area contributed by atoms with Crippen LogP contribution >= 0.6 is 11.6 Å². The topological polar surface area (TPSA) is 37.9 Å². The Kier molecular flexibility index (Phi) is 3.70. The van der Waals surface area contributed by atoms with E-state index < -0.39 is 0 Å². The second-order valence-electron chi connectivity index (χ2n) is 5.77. The number of hydrogen-bond acceptors (Lipinski definition) is 2. The van der Waals surface area contributed by atoms with Crippen molar-refractivity contribution < 1.29 is 4.74 Å². The third-order valence-electron chi connectivity index (χ3n) is 3.69. The summed E-state index contributed by atoms with van der Waals surface area (Å²) >= 11 is 6.31. The van der Waals surface area contributed by atoms with Gasteiger partial charge in [0.25, 0.3) is 0 Å². The number of benzene rings is 1. The van der Waals surface area contributed by atoms with E-state index in [-0.39, 0.29) is 5.92 Å². The normalized spacial score (nSPS) is 17.9. The first-order chi connectivity index (χ1) is 9.65. The van der Waals surface area contributed by atoms with E-state index >= 15 is 0 Å². The second kappa shape index (κ2) is 5.49. The van der Waals surface area contributed by atoms with E-state index in [9.17, 15) is 0 Å². The molecule has 0 fully saturated rings. The number of hydrogen-bond donors (Lipinski definition) is 1. The first-order valence-electron chi connectivity index (χ1n) is 7.09. The molecule has 4 heteroatoms. The number of halogens is 1. The molecule has 0 amide bonds. The summed E-state index contributed by atoms with van der Waals surface area (Å²) in [5.41, 5.74) is 3.45. The zero-order valence-electron chi connectivity index (χ0n) is 11.8. The van der Waals surface area contributed by atoms with Gasteiger partial charge in [-0.05, 0) is 36.5 Å². The van der Waals surface area contributed by atoms with Gasteiger partial charge in [0.15, 0.2) is 0 Å². The summed E-state index contributed by atoms with van der Waals surface area (Å²) < 4.78 is 5.94. The summed E-state index contributed by atoms with van der Waals surface area (Å²) in [6.45, 7) is 5.15. The van der Waals surface area contributed by atoms with E-state index in [0.717, 1.165) is 35.9 Å². The van der Waals surface area contributed by atoms with Gasteiger partial charge in [-0.15, -0.1) is 0 Å². The van der Waals surface area contributed by atoms with Crippen molar-refractivity contribution in [3.8, 4) is 5.75 Å². The number of imidazole rings is 1. The highest BCUT2D eigenvalue weighted by Gasteiger charge is 2.27. The highest BCUT2D eigenvalue weighted by atomic mass is 35.5. The molecule has 1 aliphatic rings. The van der Waals surface area contributed by atoms with Crippen molar-refractivity contribution in [3.05, 3.63) is 46.5 Å². The Bertz CT molecular complexity index is 593. The zero-order valence-corrected chi connectivity index (χ0v) is 12.6. The van der Waals surface area contributed by atoms with Crippen molar-refractivity contribution >= 4 is 11.6 Å². The lowest BCUT2D eigenvalue weighted by Crippen LogP contribution is -2.17. The number of rotatable bonds is 3. The van der Waals surface area contributed by atoms with Crippen molar-refractivity contribution in [1.29, 1.82) is 0 Å². The zero-order chi connectivity index (χ0) is 14.1. The number of nitrogens with one attached hydrogen (secondary N) is 1. The Morgan fingerprint density at radius 3 is 3.00 bits per heavy atom. The smallest absolute Gasteiger partial charge is 0.126 e. The summed E-state index contributed by atoms with van der Waals surface area (Å²) in [6, 6.07) is 4.06. The van der Waals surface area contributed by atoms with Crippen LogP contribution < -0.4 is 4.74 Å². The average Bonchev–Trinajstić information content (AvgIpc) is 2.91. The van der Waals surface area contributed by atoms with Gasteiger partial charge in [0.05, 0.1) is 18.6 Å². The molecular weight excluding hydrogens is 272 g/mol. The van der Waals surface area contributed by atoms with Gasteiger partial charge in [0, 0.05) is 22.7 Å². The molecule has 1 unspecified atom stereocenters. The molecule has 1 aromatic heterocycles. The van der Waals surface area contributed by atoms with Gasteiger partial charge in [-0.3, -0.25) is 0 Å². The molecule has 0 saturated carbocycles. The lowest BCUT2D eigenvalue weighted by Gasteiger charge is -2.27. The van der Waals surface area contributed by atoms with Crippen molar-refractivity contribution in [2.45, 2.75) is 32.6 Å². The molecule has 20 heavy (non-hydrogen) atoms. The molecule has 0 radical (unpaired) electrons. The molecule has 1 atom stereocenters. The Balaban J connectivity index is 2.07. The first kappa shape index (κ1) is 13.5. The third-order valence-corrected chi connectivity index (χ3v) is 3.91.